The first kappa shape index (κ1) is 26.8. The van der Waals surface area contributed by atoms with E-state index in [1.54, 1.807) is 13.8 Å². The number of rotatable bonds is 14. The molecular formula is C25H32ClNO6. The number of nitrogens with zero attached hydrogens (tertiary/aromatic N) is 1. The molecule has 0 aromatic heterocycles. The van der Waals surface area contributed by atoms with Gasteiger partial charge in [0.05, 0.1) is 18.6 Å². The van der Waals surface area contributed by atoms with Crippen LogP contribution in [0, 0.1) is 0 Å². The minimum Gasteiger partial charge on any atom is -0.476 e. The van der Waals surface area contributed by atoms with Gasteiger partial charge in [-0.15, -0.1) is 0 Å². The van der Waals surface area contributed by atoms with Crippen LogP contribution in [0.25, 0.3) is 5.57 Å². The molecule has 0 saturated heterocycles. The smallest absolute Gasteiger partial charge is 0.349 e. The molecule has 8 heteroatoms. The van der Waals surface area contributed by atoms with Gasteiger partial charge in [-0.1, -0.05) is 61.7 Å². The van der Waals surface area contributed by atoms with Crippen molar-refractivity contribution in [2.24, 2.45) is 0 Å². The molecule has 0 bridgehead atoms. The Bertz CT molecular complexity index is 881. The summed E-state index contributed by atoms with van der Waals surface area (Å²) < 4.78 is 11.3. The second-order valence-electron chi connectivity index (χ2n) is 8.11. The fourth-order valence-corrected chi connectivity index (χ4v) is 3.22. The first-order valence-electron chi connectivity index (χ1n) is 10.9. The number of carbonyl (C=O) groups is 1. The Morgan fingerprint density at radius 1 is 0.909 bits per heavy atom. The van der Waals surface area contributed by atoms with Crippen LogP contribution in [-0.2, 0) is 14.4 Å². The molecule has 0 radical (unpaired) electrons. The van der Waals surface area contributed by atoms with Crippen molar-refractivity contribution in [3.8, 4) is 5.75 Å². The summed E-state index contributed by atoms with van der Waals surface area (Å²) in [5.41, 5.74) is 1.68. The third-order valence-electron chi connectivity index (χ3n) is 4.99. The summed E-state index contributed by atoms with van der Waals surface area (Å²) in [6.07, 6.45) is 4.18. The molecule has 2 N–H and O–H groups in total. The van der Waals surface area contributed by atoms with Gasteiger partial charge >= 0.3 is 5.97 Å². The van der Waals surface area contributed by atoms with Crippen LogP contribution < -0.4 is 4.74 Å². The fourth-order valence-electron chi connectivity index (χ4n) is 3.10. The van der Waals surface area contributed by atoms with Gasteiger partial charge in [0.25, 0.3) is 0 Å². The molecule has 0 amide bonds. The molecule has 0 spiro atoms. The van der Waals surface area contributed by atoms with E-state index in [2.05, 4.69) is 11.4 Å². The van der Waals surface area contributed by atoms with Crippen molar-refractivity contribution in [1.29, 1.82) is 0 Å². The van der Waals surface area contributed by atoms with Crippen molar-refractivity contribution in [3.63, 3.8) is 0 Å². The van der Waals surface area contributed by atoms with Gasteiger partial charge in [0.15, 0.2) is 5.60 Å². The Morgan fingerprint density at radius 2 is 1.42 bits per heavy atom. The molecule has 0 atom stereocenters. The van der Waals surface area contributed by atoms with Crippen LogP contribution in [0.5, 0.6) is 5.75 Å². The van der Waals surface area contributed by atoms with Crippen molar-refractivity contribution < 1.29 is 29.5 Å². The molecule has 33 heavy (non-hydrogen) atoms. The highest BCUT2D eigenvalue weighted by atomic mass is 35.5. The van der Waals surface area contributed by atoms with E-state index < -0.39 is 11.6 Å². The Balaban J connectivity index is 1.73. The van der Waals surface area contributed by atoms with Crippen molar-refractivity contribution in [2.75, 3.05) is 13.2 Å². The summed E-state index contributed by atoms with van der Waals surface area (Å²) >= 11 is 5.95. The monoisotopic (exact) mass is 477 g/mol. The predicted molar refractivity (Wildman–Crippen MR) is 126 cm³/mol. The topological polar surface area (TPSA) is 88.5 Å². The van der Waals surface area contributed by atoms with Crippen molar-refractivity contribution >= 4 is 23.1 Å². The number of halogens is 1. The van der Waals surface area contributed by atoms with E-state index in [1.165, 1.54) is 0 Å². The highest BCUT2D eigenvalue weighted by molar-refractivity contribution is 6.30. The quantitative estimate of drug-likeness (QED) is 0.194. The second-order valence-corrected chi connectivity index (χ2v) is 8.55. The second kappa shape index (κ2) is 13.3. The van der Waals surface area contributed by atoms with Gasteiger partial charge in [-0.25, -0.2) is 4.79 Å². The van der Waals surface area contributed by atoms with Crippen LogP contribution in [0.3, 0.4) is 0 Å². The summed E-state index contributed by atoms with van der Waals surface area (Å²) in [6, 6.07) is 14.9. The SMILES string of the molecule is C=C(c1ccc(Cl)cc1)c1ccc(OC(C)(C)C(=O)OCCCCCCCON(O)O)cc1. The first-order valence-corrected chi connectivity index (χ1v) is 11.3. The Kier molecular flexibility index (Phi) is 10.8. The lowest BCUT2D eigenvalue weighted by molar-refractivity contribution is -0.492. The lowest BCUT2D eigenvalue weighted by Gasteiger charge is -2.24. The molecule has 180 valence electrons. The minimum absolute atomic E-state index is 0.240. The van der Waals surface area contributed by atoms with E-state index in [1.807, 2.05) is 48.5 Å². The van der Waals surface area contributed by atoms with Gasteiger partial charge < -0.3 is 9.47 Å². The highest BCUT2D eigenvalue weighted by Gasteiger charge is 2.31. The third-order valence-corrected chi connectivity index (χ3v) is 5.24. The summed E-state index contributed by atoms with van der Waals surface area (Å²) in [5.74, 6) is 0.146. The average molecular weight is 478 g/mol. The Morgan fingerprint density at radius 3 is 2.00 bits per heavy atom. The van der Waals surface area contributed by atoms with Crippen LogP contribution in [0.1, 0.15) is 57.1 Å². The summed E-state index contributed by atoms with van der Waals surface area (Å²) in [7, 11) is 0. The molecule has 2 aromatic carbocycles. The van der Waals surface area contributed by atoms with E-state index in [0.29, 0.717) is 23.8 Å². The van der Waals surface area contributed by atoms with Gasteiger partial charge in [0.1, 0.15) is 5.75 Å². The number of unbranched alkanes of at least 4 members (excludes halogenated alkanes) is 4. The zero-order valence-electron chi connectivity index (χ0n) is 19.1. The van der Waals surface area contributed by atoms with Crippen LogP contribution >= 0.6 is 11.6 Å². The standard InChI is InChI=1S/C25H32ClNO6/c1-19(20-9-13-22(26)14-10-20)21-11-15-23(16-12-21)33-25(2,3)24(28)31-17-7-5-4-6-8-18-32-27(29)30/h9-16,29-30H,1,4-8,17-18H2,2-3H3. The molecule has 0 aliphatic carbocycles. The predicted octanol–water partition coefficient (Wildman–Crippen LogP) is 6.06. The van der Waals surface area contributed by atoms with Gasteiger partial charge in [0, 0.05) is 5.02 Å². The zero-order chi connectivity index (χ0) is 24.3. The molecule has 0 fully saturated rings. The molecule has 0 saturated carbocycles. The molecule has 2 rings (SSSR count). The molecule has 0 aliphatic rings. The Hall–Kier alpha value is -2.42. The molecular weight excluding hydrogens is 446 g/mol. The molecule has 0 aliphatic heterocycles. The minimum atomic E-state index is -1.12. The fraction of sp³-hybridized carbons (Fsp3) is 0.400. The molecule has 2 aromatic rings. The maximum atomic E-state index is 12.5. The maximum Gasteiger partial charge on any atom is 0.349 e. The average Bonchev–Trinajstić information content (AvgIpc) is 2.78. The van der Waals surface area contributed by atoms with Gasteiger partial charge in [0.2, 0.25) is 0 Å². The summed E-state index contributed by atoms with van der Waals surface area (Å²) in [5, 5.41) is 17.2. The number of ether oxygens (including phenoxy) is 2. The number of carbonyl (C=O) groups excluding carboxylic acids is 1. The van der Waals surface area contributed by atoms with Gasteiger partial charge in [-0.3, -0.25) is 15.3 Å². The van der Waals surface area contributed by atoms with Crippen LogP contribution in [0.2, 0.25) is 5.02 Å². The summed E-state index contributed by atoms with van der Waals surface area (Å²) in [4.78, 5) is 16.9. The summed E-state index contributed by atoms with van der Waals surface area (Å²) in [6.45, 7) is 8.07. The van der Waals surface area contributed by atoms with E-state index in [-0.39, 0.29) is 12.0 Å². The van der Waals surface area contributed by atoms with E-state index >= 15 is 0 Å². The molecule has 7 nitrogen and oxygen atoms in total. The van der Waals surface area contributed by atoms with Crippen LogP contribution in [-0.4, -0.2) is 40.6 Å². The number of hydrogen-bond donors (Lipinski definition) is 2. The van der Waals surface area contributed by atoms with Crippen LogP contribution in [0.4, 0.5) is 0 Å². The van der Waals surface area contributed by atoms with Gasteiger partial charge in [-0.2, -0.15) is 0 Å². The normalized spacial score (nSPS) is 11.5. The van der Waals surface area contributed by atoms with Crippen molar-refractivity contribution in [1.82, 2.24) is 5.39 Å². The largest absolute Gasteiger partial charge is 0.476 e. The lowest BCUT2D eigenvalue weighted by Crippen LogP contribution is -2.39. The zero-order valence-corrected chi connectivity index (χ0v) is 19.9. The van der Waals surface area contributed by atoms with Crippen molar-refractivity contribution in [2.45, 2.75) is 51.6 Å². The third kappa shape index (κ3) is 9.53. The number of benzene rings is 2. The lowest BCUT2D eigenvalue weighted by atomic mass is 10.00. The highest BCUT2D eigenvalue weighted by Crippen LogP contribution is 2.26. The number of hydrogen-bond acceptors (Lipinski definition) is 7. The van der Waals surface area contributed by atoms with E-state index in [0.717, 1.165) is 42.4 Å². The first-order chi connectivity index (χ1) is 15.7. The van der Waals surface area contributed by atoms with Gasteiger partial charge in [-0.05, 0) is 67.7 Å². The Labute approximate surface area is 200 Å². The molecule has 0 unspecified atom stereocenters. The van der Waals surface area contributed by atoms with E-state index in [4.69, 9.17) is 31.5 Å². The van der Waals surface area contributed by atoms with Crippen molar-refractivity contribution in [3.05, 3.63) is 71.3 Å². The van der Waals surface area contributed by atoms with E-state index in [9.17, 15) is 4.79 Å². The maximum absolute atomic E-state index is 12.5. The number of esters is 1. The van der Waals surface area contributed by atoms with Crippen LogP contribution in [0.15, 0.2) is 55.1 Å². The molecule has 0 heterocycles.